The average Bonchev–Trinajstić information content (AvgIpc) is 2.48. The van der Waals surface area contributed by atoms with Gasteiger partial charge in [0.25, 0.3) is 0 Å². The standard InChI is InChI=1S/C16H23NO3S/c1-2-3-4-8-13-17-21(19,20)16-12-6-5-10-15(16)11-7-9-14-18/h5-6,10,12,17-18H,2-4,8-9,13-14H2,1H3. The molecule has 0 aliphatic carbocycles. The lowest BCUT2D eigenvalue weighted by atomic mass is 10.2. The maximum absolute atomic E-state index is 12.3. The molecule has 0 unspecified atom stereocenters. The summed E-state index contributed by atoms with van der Waals surface area (Å²) in [6, 6.07) is 6.67. The molecule has 1 aromatic rings. The number of hydrogen-bond acceptors (Lipinski definition) is 3. The van der Waals surface area contributed by atoms with Crippen molar-refractivity contribution in [1.29, 1.82) is 0 Å². The highest BCUT2D eigenvalue weighted by Crippen LogP contribution is 2.14. The van der Waals surface area contributed by atoms with Crippen molar-refractivity contribution in [3.8, 4) is 11.8 Å². The van der Waals surface area contributed by atoms with Gasteiger partial charge in [0.15, 0.2) is 0 Å². The fourth-order valence-electron chi connectivity index (χ4n) is 1.85. The molecule has 2 N–H and O–H groups in total. The fourth-order valence-corrected chi connectivity index (χ4v) is 3.09. The van der Waals surface area contributed by atoms with Gasteiger partial charge in [-0.05, 0) is 18.6 Å². The van der Waals surface area contributed by atoms with Gasteiger partial charge in [0.2, 0.25) is 10.0 Å². The fraction of sp³-hybridized carbons (Fsp3) is 0.500. The summed E-state index contributed by atoms with van der Waals surface area (Å²) in [4.78, 5) is 0.200. The van der Waals surface area contributed by atoms with Crippen LogP contribution in [0, 0.1) is 11.8 Å². The van der Waals surface area contributed by atoms with Gasteiger partial charge in [-0.2, -0.15) is 0 Å². The Labute approximate surface area is 127 Å². The summed E-state index contributed by atoms with van der Waals surface area (Å²) in [6.07, 6.45) is 4.43. The molecule has 21 heavy (non-hydrogen) atoms. The monoisotopic (exact) mass is 309 g/mol. The van der Waals surface area contributed by atoms with E-state index in [1.807, 2.05) is 0 Å². The summed E-state index contributed by atoms with van der Waals surface area (Å²) >= 11 is 0. The number of unbranched alkanes of at least 4 members (excludes halogenated alkanes) is 3. The number of aliphatic hydroxyl groups is 1. The Balaban J connectivity index is 2.76. The van der Waals surface area contributed by atoms with Crippen molar-refractivity contribution in [2.45, 2.75) is 43.9 Å². The van der Waals surface area contributed by atoms with Gasteiger partial charge in [-0.3, -0.25) is 0 Å². The molecule has 4 nitrogen and oxygen atoms in total. The van der Waals surface area contributed by atoms with E-state index in [0.717, 1.165) is 25.7 Å². The lowest BCUT2D eigenvalue weighted by Crippen LogP contribution is -2.25. The van der Waals surface area contributed by atoms with Gasteiger partial charge in [-0.1, -0.05) is 50.2 Å². The Morgan fingerprint density at radius 3 is 2.67 bits per heavy atom. The second-order valence-electron chi connectivity index (χ2n) is 4.73. The van der Waals surface area contributed by atoms with E-state index in [0.29, 0.717) is 18.5 Å². The Kier molecular flexibility index (Phi) is 8.06. The minimum absolute atomic E-state index is 0.0302. The normalized spacial score (nSPS) is 11.0. The van der Waals surface area contributed by atoms with Crippen molar-refractivity contribution in [3.05, 3.63) is 29.8 Å². The largest absolute Gasteiger partial charge is 0.395 e. The van der Waals surface area contributed by atoms with Crippen LogP contribution in [-0.2, 0) is 10.0 Å². The molecule has 0 radical (unpaired) electrons. The average molecular weight is 309 g/mol. The molecule has 1 aromatic carbocycles. The van der Waals surface area contributed by atoms with E-state index in [1.54, 1.807) is 24.3 Å². The van der Waals surface area contributed by atoms with Gasteiger partial charge in [0.05, 0.1) is 11.5 Å². The third-order valence-electron chi connectivity index (χ3n) is 2.96. The molecule has 0 aliphatic rings. The molecule has 0 amide bonds. The molecule has 0 aromatic heterocycles. The Bertz CT molecular complexity index is 585. The molecule has 116 valence electrons. The number of nitrogens with one attached hydrogen (secondary N) is 1. The highest BCUT2D eigenvalue weighted by molar-refractivity contribution is 7.89. The third-order valence-corrected chi connectivity index (χ3v) is 4.48. The Morgan fingerprint density at radius 2 is 1.95 bits per heavy atom. The maximum Gasteiger partial charge on any atom is 0.241 e. The lowest BCUT2D eigenvalue weighted by Gasteiger charge is -2.08. The van der Waals surface area contributed by atoms with Crippen LogP contribution in [0.2, 0.25) is 0 Å². The number of aliphatic hydroxyl groups excluding tert-OH is 1. The molecule has 5 heteroatoms. The van der Waals surface area contributed by atoms with E-state index >= 15 is 0 Å². The van der Waals surface area contributed by atoms with Crippen LogP contribution in [0.4, 0.5) is 0 Å². The first-order valence-electron chi connectivity index (χ1n) is 7.30. The molecule has 1 rings (SSSR count). The van der Waals surface area contributed by atoms with Gasteiger partial charge in [-0.25, -0.2) is 13.1 Å². The first-order valence-corrected chi connectivity index (χ1v) is 8.78. The van der Waals surface area contributed by atoms with Crippen LogP contribution in [0.1, 0.15) is 44.6 Å². The van der Waals surface area contributed by atoms with Crippen LogP contribution < -0.4 is 4.72 Å². The highest BCUT2D eigenvalue weighted by Gasteiger charge is 2.16. The molecule has 0 bridgehead atoms. The quantitative estimate of drug-likeness (QED) is 0.572. The molecular weight excluding hydrogens is 286 g/mol. The van der Waals surface area contributed by atoms with Gasteiger partial charge in [-0.15, -0.1) is 0 Å². The van der Waals surface area contributed by atoms with Crippen molar-refractivity contribution in [1.82, 2.24) is 4.72 Å². The van der Waals surface area contributed by atoms with E-state index in [4.69, 9.17) is 5.11 Å². The van der Waals surface area contributed by atoms with Gasteiger partial charge in [0.1, 0.15) is 0 Å². The number of sulfonamides is 1. The predicted molar refractivity (Wildman–Crippen MR) is 84.4 cm³/mol. The molecule has 0 heterocycles. The van der Waals surface area contributed by atoms with Crippen LogP contribution in [0.25, 0.3) is 0 Å². The zero-order valence-electron chi connectivity index (χ0n) is 12.4. The summed E-state index contributed by atoms with van der Waals surface area (Å²) in [5.41, 5.74) is 0.465. The summed E-state index contributed by atoms with van der Waals surface area (Å²) < 4.78 is 27.2. The molecule has 0 spiro atoms. The van der Waals surface area contributed by atoms with Crippen molar-refractivity contribution in [3.63, 3.8) is 0 Å². The van der Waals surface area contributed by atoms with Gasteiger partial charge >= 0.3 is 0 Å². The molecule has 0 atom stereocenters. The topological polar surface area (TPSA) is 66.4 Å². The first kappa shape index (κ1) is 17.7. The number of benzene rings is 1. The highest BCUT2D eigenvalue weighted by atomic mass is 32.2. The molecule has 0 saturated heterocycles. The van der Waals surface area contributed by atoms with Crippen LogP contribution in [0.3, 0.4) is 0 Å². The van der Waals surface area contributed by atoms with E-state index in [1.165, 1.54) is 0 Å². The SMILES string of the molecule is CCCCCCNS(=O)(=O)c1ccccc1C#CCCO. The van der Waals surface area contributed by atoms with Gasteiger partial charge < -0.3 is 5.11 Å². The van der Waals surface area contributed by atoms with E-state index in [9.17, 15) is 8.42 Å². The second-order valence-corrected chi connectivity index (χ2v) is 6.47. The summed E-state index contributed by atoms with van der Waals surface area (Å²) in [6.45, 7) is 2.53. The van der Waals surface area contributed by atoms with Crippen molar-refractivity contribution in [2.24, 2.45) is 0 Å². The number of rotatable bonds is 8. The third kappa shape index (κ3) is 6.30. The minimum atomic E-state index is -3.53. The maximum atomic E-state index is 12.3. The Morgan fingerprint density at radius 1 is 1.19 bits per heavy atom. The molecule has 0 aliphatic heterocycles. The van der Waals surface area contributed by atoms with Crippen molar-refractivity contribution >= 4 is 10.0 Å². The van der Waals surface area contributed by atoms with Crippen molar-refractivity contribution < 1.29 is 13.5 Å². The lowest BCUT2D eigenvalue weighted by molar-refractivity contribution is 0.305. The first-order chi connectivity index (χ1) is 10.1. The minimum Gasteiger partial charge on any atom is -0.395 e. The zero-order chi connectivity index (χ0) is 15.6. The zero-order valence-corrected chi connectivity index (χ0v) is 13.2. The summed E-state index contributed by atoms with van der Waals surface area (Å²) in [7, 11) is -3.53. The summed E-state index contributed by atoms with van der Waals surface area (Å²) in [5.74, 6) is 5.56. The van der Waals surface area contributed by atoms with Crippen LogP contribution in [-0.4, -0.2) is 26.7 Å². The van der Waals surface area contributed by atoms with Gasteiger partial charge in [0, 0.05) is 18.5 Å². The predicted octanol–water partition coefficient (Wildman–Crippen LogP) is 2.28. The van der Waals surface area contributed by atoms with E-state index in [2.05, 4.69) is 23.5 Å². The van der Waals surface area contributed by atoms with E-state index in [-0.39, 0.29) is 11.5 Å². The second kappa shape index (κ2) is 9.56. The van der Waals surface area contributed by atoms with Crippen LogP contribution in [0.15, 0.2) is 29.2 Å². The molecular formula is C16H23NO3S. The van der Waals surface area contributed by atoms with E-state index < -0.39 is 10.0 Å². The van der Waals surface area contributed by atoms with Crippen molar-refractivity contribution in [2.75, 3.05) is 13.2 Å². The smallest absolute Gasteiger partial charge is 0.241 e. The Hall–Kier alpha value is -1.35. The van der Waals surface area contributed by atoms with Crippen LogP contribution in [0.5, 0.6) is 0 Å². The van der Waals surface area contributed by atoms with Crippen LogP contribution >= 0.6 is 0 Å². The molecule has 0 fully saturated rings. The molecule has 0 saturated carbocycles. The summed E-state index contributed by atoms with van der Waals surface area (Å²) in [5, 5.41) is 8.73. The number of hydrogen-bond donors (Lipinski definition) is 2.